The van der Waals surface area contributed by atoms with E-state index in [1.807, 2.05) is 43.3 Å². The van der Waals surface area contributed by atoms with Crippen molar-refractivity contribution in [2.75, 3.05) is 0 Å². The van der Waals surface area contributed by atoms with Gasteiger partial charge in [-0.3, -0.25) is 0 Å². The van der Waals surface area contributed by atoms with E-state index in [1.54, 1.807) is 0 Å². The van der Waals surface area contributed by atoms with Crippen LogP contribution < -0.4 is 4.74 Å². The van der Waals surface area contributed by atoms with Crippen molar-refractivity contribution in [1.29, 1.82) is 5.26 Å². The van der Waals surface area contributed by atoms with Crippen molar-refractivity contribution in [3.05, 3.63) is 46.7 Å². The highest BCUT2D eigenvalue weighted by molar-refractivity contribution is 7.13. The van der Waals surface area contributed by atoms with Gasteiger partial charge in [0, 0.05) is 0 Å². The molecule has 1 aromatic carbocycles. The average molecular weight is 298 g/mol. The Balaban J connectivity index is 1.90. The Bertz CT molecular complexity index is 789. The molecule has 8 heteroatoms. The van der Waals surface area contributed by atoms with Gasteiger partial charge in [0.05, 0.1) is 0 Å². The zero-order valence-electron chi connectivity index (χ0n) is 11.1. The van der Waals surface area contributed by atoms with Crippen LogP contribution in [0.2, 0.25) is 0 Å². The lowest BCUT2D eigenvalue weighted by molar-refractivity contribution is 0.297. The van der Waals surface area contributed by atoms with E-state index in [4.69, 9.17) is 10.00 Å². The van der Waals surface area contributed by atoms with Crippen LogP contribution in [0.3, 0.4) is 0 Å². The summed E-state index contributed by atoms with van der Waals surface area (Å²) >= 11 is 1.37. The Morgan fingerprint density at radius 1 is 1.24 bits per heavy atom. The third-order valence-corrected chi connectivity index (χ3v) is 3.50. The maximum absolute atomic E-state index is 9.13. The molecular formula is C13H10N6OS. The van der Waals surface area contributed by atoms with Crippen LogP contribution in [0.25, 0.3) is 5.13 Å². The van der Waals surface area contributed by atoms with Crippen LogP contribution in [0.4, 0.5) is 0 Å². The molecule has 104 valence electrons. The SMILES string of the molecule is Cc1nnc(-n2nnc(C#N)c2COc2ccccc2)s1. The second-order valence-corrected chi connectivity index (χ2v) is 5.27. The summed E-state index contributed by atoms with van der Waals surface area (Å²) in [5.74, 6) is 0.711. The molecule has 0 spiro atoms. The molecule has 21 heavy (non-hydrogen) atoms. The number of hydrogen-bond donors (Lipinski definition) is 0. The van der Waals surface area contributed by atoms with Crippen LogP contribution in [0, 0.1) is 18.3 Å². The zero-order chi connectivity index (χ0) is 14.7. The van der Waals surface area contributed by atoms with Crippen molar-refractivity contribution in [1.82, 2.24) is 25.2 Å². The monoisotopic (exact) mass is 298 g/mol. The van der Waals surface area contributed by atoms with Crippen LogP contribution in [-0.4, -0.2) is 25.2 Å². The van der Waals surface area contributed by atoms with Crippen LogP contribution in [0.1, 0.15) is 16.4 Å². The Kier molecular flexibility index (Phi) is 3.57. The highest BCUT2D eigenvalue weighted by Crippen LogP contribution is 2.18. The first kappa shape index (κ1) is 13.2. The fraction of sp³-hybridized carbons (Fsp3) is 0.154. The van der Waals surface area contributed by atoms with Gasteiger partial charge in [-0.2, -0.15) is 9.94 Å². The second-order valence-electron chi connectivity index (χ2n) is 4.11. The van der Waals surface area contributed by atoms with Crippen LogP contribution in [0.15, 0.2) is 30.3 Å². The van der Waals surface area contributed by atoms with E-state index in [2.05, 4.69) is 20.5 Å². The third kappa shape index (κ3) is 2.73. The summed E-state index contributed by atoms with van der Waals surface area (Å²) in [6.45, 7) is 2.03. The number of benzene rings is 1. The van der Waals surface area contributed by atoms with Crippen molar-refractivity contribution in [2.45, 2.75) is 13.5 Å². The summed E-state index contributed by atoms with van der Waals surface area (Å²) in [4.78, 5) is 0. The number of para-hydroxylation sites is 1. The summed E-state index contributed by atoms with van der Waals surface area (Å²) in [5, 5.41) is 26.3. The molecule has 0 bridgehead atoms. The average Bonchev–Trinajstić information content (AvgIpc) is 3.11. The summed E-state index contributed by atoms with van der Waals surface area (Å²) < 4.78 is 7.16. The first-order valence-electron chi connectivity index (χ1n) is 6.11. The van der Waals surface area contributed by atoms with E-state index >= 15 is 0 Å². The van der Waals surface area contributed by atoms with Gasteiger partial charge in [0.15, 0.2) is 5.69 Å². The van der Waals surface area contributed by atoms with E-state index in [-0.39, 0.29) is 12.3 Å². The third-order valence-electron chi connectivity index (χ3n) is 2.68. The normalized spacial score (nSPS) is 10.3. The Morgan fingerprint density at radius 2 is 2.05 bits per heavy atom. The maximum Gasteiger partial charge on any atom is 0.234 e. The minimum Gasteiger partial charge on any atom is -0.487 e. The molecule has 0 saturated heterocycles. The Hall–Kier alpha value is -2.79. The maximum atomic E-state index is 9.13. The highest BCUT2D eigenvalue weighted by Gasteiger charge is 2.17. The Morgan fingerprint density at radius 3 is 2.71 bits per heavy atom. The molecular weight excluding hydrogens is 288 g/mol. The summed E-state index contributed by atoms with van der Waals surface area (Å²) in [7, 11) is 0. The molecule has 3 aromatic rings. The largest absolute Gasteiger partial charge is 0.487 e. The predicted octanol–water partition coefficient (Wildman–Crippen LogP) is 1.88. The van der Waals surface area contributed by atoms with Gasteiger partial charge in [0.2, 0.25) is 5.13 Å². The van der Waals surface area contributed by atoms with Crippen molar-refractivity contribution in [3.8, 4) is 17.0 Å². The molecule has 0 unspecified atom stereocenters. The molecule has 2 heterocycles. The number of rotatable bonds is 4. The molecule has 0 radical (unpaired) electrons. The molecule has 0 aliphatic heterocycles. The van der Waals surface area contributed by atoms with Crippen LogP contribution in [0.5, 0.6) is 5.75 Å². The molecule has 0 aliphatic rings. The minimum absolute atomic E-state index is 0.179. The van der Waals surface area contributed by atoms with Crippen molar-refractivity contribution in [2.24, 2.45) is 0 Å². The van der Waals surface area contributed by atoms with Gasteiger partial charge in [-0.15, -0.1) is 15.3 Å². The fourth-order valence-corrected chi connectivity index (χ4v) is 2.37. The van der Waals surface area contributed by atoms with Crippen molar-refractivity contribution < 1.29 is 4.74 Å². The second kappa shape index (κ2) is 5.68. The molecule has 0 atom stereocenters. The molecule has 0 fully saturated rings. The van der Waals surface area contributed by atoms with E-state index in [1.165, 1.54) is 16.0 Å². The number of aromatic nitrogens is 5. The van der Waals surface area contributed by atoms with Crippen LogP contribution in [-0.2, 0) is 6.61 Å². The lowest BCUT2D eigenvalue weighted by Crippen LogP contribution is -2.06. The summed E-state index contributed by atoms with van der Waals surface area (Å²) in [5.41, 5.74) is 0.774. The highest BCUT2D eigenvalue weighted by atomic mass is 32.1. The molecule has 0 N–H and O–H groups in total. The van der Waals surface area contributed by atoms with Crippen molar-refractivity contribution >= 4 is 11.3 Å². The number of ether oxygens (including phenoxy) is 1. The number of nitrogens with zero attached hydrogens (tertiary/aromatic N) is 6. The quantitative estimate of drug-likeness (QED) is 0.730. The summed E-state index contributed by atoms with van der Waals surface area (Å²) in [6, 6.07) is 11.4. The number of aryl methyl sites for hydroxylation is 1. The summed E-state index contributed by atoms with van der Waals surface area (Å²) in [6.07, 6.45) is 0. The lowest BCUT2D eigenvalue weighted by atomic mass is 10.3. The van der Waals surface area contributed by atoms with Gasteiger partial charge in [0.1, 0.15) is 29.1 Å². The van der Waals surface area contributed by atoms with Gasteiger partial charge in [-0.1, -0.05) is 34.7 Å². The Labute approximate surface area is 124 Å². The van der Waals surface area contributed by atoms with E-state index in [0.717, 1.165) is 5.01 Å². The molecule has 0 amide bonds. The zero-order valence-corrected chi connectivity index (χ0v) is 11.9. The predicted molar refractivity (Wildman–Crippen MR) is 75.1 cm³/mol. The van der Waals surface area contributed by atoms with Crippen LogP contribution >= 0.6 is 11.3 Å². The first-order valence-corrected chi connectivity index (χ1v) is 6.92. The van der Waals surface area contributed by atoms with Gasteiger partial charge >= 0.3 is 0 Å². The number of hydrogen-bond acceptors (Lipinski definition) is 7. The van der Waals surface area contributed by atoms with Crippen molar-refractivity contribution in [3.63, 3.8) is 0 Å². The van der Waals surface area contributed by atoms with E-state index in [0.29, 0.717) is 16.6 Å². The van der Waals surface area contributed by atoms with Gasteiger partial charge in [-0.25, -0.2) is 0 Å². The van der Waals surface area contributed by atoms with E-state index < -0.39 is 0 Å². The lowest BCUT2D eigenvalue weighted by Gasteiger charge is -2.06. The molecule has 2 aromatic heterocycles. The van der Waals surface area contributed by atoms with E-state index in [9.17, 15) is 0 Å². The standard InChI is InChI=1S/C13H10N6OS/c1-9-15-17-13(21-9)19-12(11(7-14)16-18-19)8-20-10-5-3-2-4-6-10/h2-6H,8H2,1H3. The molecule has 3 rings (SSSR count). The van der Waals surface area contributed by atoms with Gasteiger partial charge in [0.25, 0.3) is 0 Å². The first-order chi connectivity index (χ1) is 10.3. The minimum atomic E-state index is 0.179. The molecule has 0 aliphatic carbocycles. The van der Waals surface area contributed by atoms with Gasteiger partial charge < -0.3 is 4.74 Å². The fourth-order valence-electron chi connectivity index (χ4n) is 1.71. The number of nitriles is 1. The smallest absolute Gasteiger partial charge is 0.234 e. The molecule has 0 saturated carbocycles. The topological polar surface area (TPSA) is 89.5 Å². The van der Waals surface area contributed by atoms with Gasteiger partial charge in [-0.05, 0) is 19.1 Å². The molecule has 7 nitrogen and oxygen atoms in total.